The van der Waals surface area contributed by atoms with Gasteiger partial charge in [0.15, 0.2) is 0 Å². The maximum atomic E-state index is 13.6. The van der Waals surface area contributed by atoms with E-state index in [4.69, 9.17) is 10.5 Å². The molecule has 1 aromatic carbocycles. The van der Waals surface area contributed by atoms with Crippen LogP contribution < -0.4 is 10.6 Å². The quantitative estimate of drug-likeness (QED) is 0.869. The minimum Gasteiger partial charge on any atom is -0.379 e. The van der Waals surface area contributed by atoms with Gasteiger partial charge in [-0.3, -0.25) is 0 Å². The Bertz CT molecular complexity index is 399. The second kappa shape index (κ2) is 4.63. The fourth-order valence-electron chi connectivity index (χ4n) is 2.28. The summed E-state index contributed by atoms with van der Waals surface area (Å²) in [6, 6.07) is 6.79. The Hall–Kier alpha value is -1.13. The largest absolute Gasteiger partial charge is 0.379 e. The third-order valence-corrected chi connectivity index (χ3v) is 3.49. The van der Waals surface area contributed by atoms with Crippen molar-refractivity contribution < 1.29 is 9.13 Å². The third kappa shape index (κ3) is 2.42. The Labute approximate surface area is 101 Å². The van der Waals surface area contributed by atoms with Crippen molar-refractivity contribution in [1.82, 2.24) is 0 Å². The van der Waals surface area contributed by atoms with E-state index >= 15 is 0 Å². The van der Waals surface area contributed by atoms with Crippen molar-refractivity contribution in [3.05, 3.63) is 30.1 Å². The van der Waals surface area contributed by atoms with Gasteiger partial charge in [-0.05, 0) is 12.1 Å². The normalized spacial score (nSPS) is 28.4. The maximum absolute atomic E-state index is 13.6. The van der Waals surface area contributed by atoms with Crippen LogP contribution in [0.15, 0.2) is 24.3 Å². The number of nitrogens with zero attached hydrogens (tertiary/aromatic N) is 1. The van der Waals surface area contributed by atoms with Crippen LogP contribution in [0.5, 0.6) is 0 Å². The van der Waals surface area contributed by atoms with Crippen LogP contribution in [0.2, 0.25) is 0 Å². The highest BCUT2D eigenvalue weighted by Gasteiger charge is 2.38. The first kappa shape index (κ1) is 12.3. The smallest absolute Gasteiger partial charge is 0.146 e. The topological polar surface area (TPSA) is 38.5 Å². The van der Waals surface area contributed by atoms with Gasteiger partial charge in [-0.2, -0.15) is 0 Å². The molecule has 2 atom stereocenters. The van der Waals surface area contributed by atoms with Crippen LogP contribution >= 0.6 is 0 Å². The van der Waals surface area contributed by atoms with Crippen molar-refractivity contribution in [3.63, 3.8) is 0 Å². The Balaban J connectivity index is 2.12. The molecule has 17 heavy (non-hydrogen) atoms. The second-order valence-electron chi connectivity index (χ2n) is 5.08. The maximum Gasteiger partial charge on any atom is 0.146 e. The summed E-state index contributed by atoms with van der Waals surface area (Å²) in [5, 5.41) is 0. The molecule has 0 bridgehead atoms. The molecule has 2 N–H and O–H groups in total. The lowest BCUT2D eigenvalue weighted by Crippen LogP contribution is -2.46. The average Bonchev–Trinajstić information content (AvgIpc) is 2.59. The van der Waals surface area contributed by atoms with Gasteiger partial charge in [0.25, 0.3) is 0 Å². The zero-order valence-corrected chi connectivity index (χ0v) is 10.3. The molecule has 1 saturated heterocycles. The van der Waals surface area contributed by atoms with Crippen LogP contribution in [-0.2, 0) is 4.74 Å². The van der Waals surface area contributed by atoms with Gasteiger partial charge in [-0.25, -0.2) is 4.39 Å². The van der Waals surface area contributed by atoms with Gasteiger partial charge in [0, 0.05) is 25.0 Å². The third-order valence-electron chi connectivity index (χ3n) is 3.49. The van der Waals surface area contributed by atoms with Crippen molar-refractivity contribution in [3.8, 4) is 0 Å². The number of benzene rings is 1. The monoisotopic (exact) mass is 238 g/mol. The van der Waals surface area contributed by atoms with Gasteiger partial charge < -0.3 is 15.4 Å². The molecule has 0 aliphatic carbocycles. The molecule has 4 heteroatoms. The van der Waals surface area contributed by atoms with Crippen LogP contribution in [0.4, 0.5) is 10.1 Å². The van der Waals surface area contributed by atoms with E-state index in [0.717, 1.165) is 0 Å². The SMILES string of the molecule is CN(CC1(C)COCC1N)c1ccccc1F. The molecule has 1 aliphatic heterocycles. The van der Waals surface area contributed by atoms with E-state index in [9.17, 15) is 4.39 Å². The number of nitrogens with two attached hydrogens (primary N) is 1. The molecule has 2 unspecified atom stereocenters. The Morgan fingerprint density at radius 3 is 2.82 bits per heavy atom. The molecule has 0 amide bonds. The van der Waals surface area contributed by atoms with Crippen molar-refractivity contribution in [2.45, 2.75) is 13.0 Å². The number of ether oxygens (including phenoxy) is 1. The van der Waals surface area contributed by atoms with Gasteiger partial charge in [0.2, 0.25) is 0 Å². The van der Waals surface area contributed by atoms with Crippen molar-refractivity contribution in [1.29, 1.82) is 0 Å². The molecule has 0 aromatic heterocycles. The highest BCUT2D eigenvalue weighted by atomic mass is 19.1. The molecule has 94 valence electrons. The van der Waals surface area contributed by atoms with Gasteiger partial charge in [0.1, 0.15) is 5.82 Å². The van der Waals surface area contributed by atoms with Crippen molar-refractivity contribution >= 4 is 5.69 Å². The van der Waals surface area contributed by atoms with Crippen LogP contribution in [0.25, 0.3) is 0 Å². The van der Waals surface area contributed by atoms with Crippen LogP contribution in [-0.4, -0.2) is 32.8 Å². The number of anilines is 1. The summed E-state index contributed by atoms with van der Waals surface area (Å²) in [6.07, 6.45) is 0. The molecular formula is C13H19FN2O. The predicted molar refractivity (Wildman–Crippen MR) is 66.6 cm³/mol. The number of para-hydroxylation sites is 1. The molecule has 1 heterocycles. The summed E-state index contributed by atoms with van der Waals surface area (Å²) in [6.45, 7) is 3.99. The summed E-state index contributed by atoms with van der Waals surface area (Å²) in [4.78, 5) is 1.91. The Kier molecular flexibility index (Phi) is 3.35. The highest BCUT2D eigenvalue weighted by Crippen LogP contribution is 2.30. The minimum absolute atomic E-state index is 0.0109. The molecule has 0 radical (unpaired) electrons. The highest BCUT2D eigenvalue weighted by molar-refractivity contribution is 5.47. The molecule has 1 aromatic rings. The fourth-order valence-corrected chi connectivity index (χ4v) is 2.28. The number of rotatable bonds is 3. The second-order valence-corrected chi connectivity index (χ2v) is 5.08. The molecule has 0 saturated carbocycles. The Morgan fingerprint density at radius 1 is 1.53 bits per heavy atom. The predicted octanol–water partition coefficient (Wildman–Crippen LogP) is 1.63. The molecule has 1 aliphatic rings. The molecule has 2 rings (SSSR count). The van der Waals surface area contributed by atoms with E-state index < -0.39 is 0 Å². The van der Waals surface area contributed by atoms with E-state index in [1.807, 2.05) is 18.0 Å². The van der Waals surface area contributed by atoms with Crippen LogP contribution in [0.3, 0.4) is 0 Å². The first-order valence-electron chi connectivity index (χ1n) is 5.82. The lowest BCUT2D eigenvalue weighted by molar-refractivity contribution is 0.162. The molecule has 0 spiro atoms. The number of hydrogen-bond acceptors (Lipinski definition) is 3. The number of hydrogen-bond donors (Lipinski definition) is 1. The van der Waals surface area contributed by atoms with E-state index in [0.29, 0.717) is 25.4 Å². The van der Waals surface area contributed by atoms with E-state index in [1.54, 1.807) is 12.1 Å². The van der Waals surface area contributed by atoms with Gasteiger partial charge in [-0.1, -0.05) is 19.1 Å². The lowest BCUT2D eigenvalue weighted by Gasteiger charge is -2.33. The van der Waals surface area contributed by atoms with Gasteiger partial charge in [0.05, 0.1) is 18.9 Å². The van der Waals surface area contributed by atoms with Crippen molar-refractivity contribution in [2.24, 2.45) is 11.1 Å². The Morgan fingerprint density at radius 2 is 2.24 bits per heavy atom. The van der Waals surface area contributed by atoms with E-state index in [1.165, 1.54) is 6.07 Å². The zero-order chi connectivity index (χ0) is 12.5. The van der Waals surface area contributed by atoms with E-state index in [2.05, 4.69) is 6.92 Å². The summed E-state index contributed by atoms with van der Waals surface area (Å²) in [5.41, 5.74) is 6.52. The molecule has 3 nitrogen and oxygen atoms in total. The van der Waals surface area contributed by atoms with Gasteiger partial charge >= 0.3 is 0 Å². The first-order chi connectivity index (χ1) is 8.03. The fraction of sp³-hybridized carbons (Fsp3) is 0.538. The van der Waals surface area contributed by atoms with E-state index in [-0.39, 0.29) is 17.3 Å². The number of halogens is 1. The van der Waals surface area contributed by atoms with Crippen molar-refractivity contribution in [2.75, 3.05) is 31.7 Å². The van der Waals surface area contributed by atoms with Crippen LogP contribution in [0.1, 0.15) is 6.92 Å². The minimum atomic E-state index is -0.203. The summed E-state index contributed by atoms with van der Waals surface area (Å²) in [5.74, 6) is -0.203. The average molecular weight is 238 g/mol. The van der Waals surface area contributed by atoms with Gasteiger partial charge in [-0.15, -0.1) is 0 Å². The van der Waals surface area contributed by atoms with Crippen LogP contribution in [0, 0.1) is 11.2 Å². The molecular weight excluding hydrogens is 219 g/mol. The zero-order valence-electron chi connectivity index (χ0n) is 10.3. The summed E-state index contributed by atoms with van der Waals surface area (Å²) in [7, 11) is 1.88. The lowest BCUT2D eigenvalue weighted by atomic mass is 9.85. The first-order valence-corrected chi connectivity index (χ1v) is 5.82. The molecule has 1 fully saturated rings. The summed E-state index contributed by atoms with van der Waals surface area (Å²) >= 11 is 0. The standard InChI is InChI=1S/C13H19FN2O/c1-13(9-17-7-12(13)15)8-16(2)11-6-4-3-5-10(11)14/h3-6,12H,7-9,15H2,1-2H3. The summed E-state index contributed by atoms with van der Waals surface area (Å²) < 4.78 is 19.0.